The molecule has 0 aliphatic heterocycles. The predicted molar refractivity (Wildman–Crippen MR) is 96.0 cm³/mol. The molecule has 3 N–H and O–H groups in total. The highest BCUT2D eigenvalue weighted by Crippen LogP contribution is 2.23. The van der Waals surface area contributed by atoms with Crippen molar-refractivity contribution in [1.29, 1.82) is 0 Å². The third kappa shape index (κ3) is 4.80. The third-order valence-corrected chi connectivity index (χ3v) is 4.95. The standard InChI is InChI=1S/C18H23ClN4O2/c19-14-7-5-12(6-8-14)18-22-17(25-23-18)10-9-16(24)21-15-4-2-1-3-13(15)11-20/h5-8,13,15H,1-4,9-11,20H2,(H,21,24). The number of halogens is 1. The van der Waals surface area contributed by atoms with Crippen LogP contribution in [0.15, 0.2) is 28.8 Å². The number of carbonyl (C=O) groups is 1. The Bertz CT molecular complexity index is 701. The molecule has 1 aliphatic carbocycles. The van der Waals surface area contributed by atoms with Gasteiger partial charge < -0.3 is 15.6 Å². The van der Waals surface area contributed by atoms with Crippen molar-refractivity contribution in [3.8, 4) is 11.4 Å². The largest absolute Gasteiger partial charge is 0.353 e. The summed E-state index contributed by atoms with van der Waals surface area (Å²) in [6.45, 7) is 0.624. The monoisotopic (exact) mass is 362 g/mol. The zero-order chi connectivity index (χ0) is 17.6. The number of aryl methyl sites for hydroxylation is 1. The lowest BCUT2D eigenvalue weighted by molar-refractivity contribution is -0.122. The van der Waals surface area contributed by atoms with E-state index in [9.17, 15) is 4.79 Å². The highest BCUT2D eigenvalue weighted by Gasteiger charge is 2.25. The lowest BCUT2D eigenvalue weighted by atomic mass is 9.84. The van der Waals surface area contributed by atoms with Gasteiger partial charge in [-0.25, -0.2) is 0 Å². The van der Waals surface area contributed by atoms with Crippen LogP contribution in [-0.2, 0) is 11.2 Å². The molecular weight excluding hydrogens is 340 g/mol. The minimum absolute atomic E-state index is 0.0107. The molecule has 7 heteroatoms. The van der Waals surface area contributed by atoms with E-state index in [2.05, 4.69) is 15.5 Å². The zero-order valence-corrected chi connectivity index (χ0v) is 14.8. The van der Waals surface area contributed by atoms with E-state index in [-0.39, 0.29) is 11.9 Å². The SMILES string of the molecule is NCC1CCCCC1NC(=O)CCc1nc(-c2ccc(Cl)cc2)no1. The molecule has 0 bridgehead atoms. The van der Waals surface area contributed by atoms with Crippen LogP contribution in [0.3, 0.4) is 0 Å². The van der Waals surface area contributed by atoms with Crippen molar-refractivity contribution in [2.24, 2.45) is 11.7 Å². The quantitative estimate of drug-likeness (QED) is 0.823. The topological polar surface area (TPSA) is 94.0 Å². The van der Waals surface area contributed by atoms with Gasteiger partial charge in [0, 0.05) is 29.5 Å². The Balaban J connectivity index is 1.51. The summed E-state index contributed by atoms with van der Waals surface area (Å²) in [6, 6.07) is 7.41. The first-order valence-corrected chi connectivity index (χ1v) is 9.11. The van der Waals surface area contributed by atoms with Crippen LogP contribution in [0, 0.1) is 5.92 Å². The second-order valence-electron chi connectivity index (χ2n) is 6.47. The number of hydrogen-bond acceptors (Lipinski definition) is 5. The van der Waals surface area contributed by atoms with Crippen LogP contribution in [0.4, 0.5) is 0 Å². The molecule has 3 rings (SSSR count). The molecule has 1 aliphatic rings. The molecule has 2 atom stereocenters. The van der Waals surface area contributed by atoms with Crippen LogP contribution >= 0.6 is 11.6 Å². The first-order chi connectivity index (χ1) is 12.2. The highest BCUT2D eigenvalue weighted by atomic mass is 35.5. The van der Waals surface area contributed by atoms with Crippen LogP contribution in [-0.4, -0.2) is 28.6 Å². The van der Waals surface area contributed by atoms with Crippen molar-refractivity contribution in [2.45, 2.75) is 44.6 Å². The summed E-state index contributed by atoms with van der Waals surface area (Å²) < 4.78 is 5.24. The molecule has 1 heterocycles. The maximum absolute atomic E-state index is 12.2. The number of nitrogens with zero attached hydrogens (tertiary/aromatic N) is 2. The molecular formula is C18H23ClN4O2. The molecule has 0 saturated heterocycles. The Morgan fingerprint density at radius 3 is 2.80 bits per heavy atom. The van der Waals surface area contributed by atoms with Gasteiger partial charge in [-0.2, -0.15) is 4.98 Å². The van der Waals surface area contributed by atoms with E-state index in [1.165, 1.54) is 6.42 Å². The summed E-state index contributed by atoms with van der Waals surface area (Å²) in [6.07, 6.45) is 5.20. The molecule has 2 aromatic rings. The molecule has 0 spiro atoms. The lowest BCUT2D eigenvalue weighted by Gasteiger charge is -2.31. The van der Waals surface area contributed by atoms with Crippen LogP contribution in [0.1, 0.15) is 38.0 Å². The average molecular weight is 363 g/mol. The van der Waals surface area contributed by atoms with Gasteiger partial charge >= 0.3 is 0 Å². The van der Waals surface area contributed by atoms with E-state index < -0.39 is 0 Å². The predicted octanol–water partition coefficient (Wildman–Crippen LogP) is 2.96. The van der Waals surface area contributed by atoms with E-state index in [4.69, 9.17) is 21.9 Å². The Morgan fingerprint density at radius 2 is 2.04 bits per heavy atom. The molecule has 2 unspecified atom stereocenters. The van der Waals surface area contributed by atoms with Gasteiger partial charge in [-0.1, -0.05) is 29.6 Å². The summed E-state index contributed by atoms with van der Waals surface area (Å²) in [5.74, 6) is 1.36. The third-order valence-electron chi connectivity index (χ3n) is 4.69. The van der Waals surface area contributed by atoms with Crippen molar-refractivity contribution in [1.82, 2.24) is 15.5 Å². The van der Waals surface area contributed by atoms with Crippen molar-refractivity contribution < 1.29 is 9.32 Å². The van der Waals surface area contributed by atoms with E-state index in [1.807, 2.05) is 12.1 Å². The zero-order valence-electron chi connectivity index (χ0n) is 14.1. The van der Waals surface area contributed by atoms with Gasteiger partial charge in [0.2, 0.25) is 17.6 Å². The molecule has 1 saturated carbocycles. The first kappa shape index (κ1) is 17.9. The minimum atomic E-state index is 0.0107. The summed E-state index contributed by atoms with van der Waals surface area (Å²) in [5.41, 5.74) is 6.64. The minimum Gasteiger partial charge on any atom is -0.353 e. The number of nitrogens with two attached hydrogens (primary N) is 1. The fourth-order valence-electron chi connectivity index (χ4n) is 3.25. The van der Waals surface area contributed by atoms with Gasteiger partial charge in [0.05, 0.1) is 0 Å². The number of carbonyl (C=O) groups excluding carboxylic acids is 1. The van der Waals surface area contributed by atoms with Crippen LogP contribution in [0.5, 0.6) is 0 Å². The fourth-order valence-corrected chi connectivity index (χ4v) is 3.38. The fraction of sp³-hybridized carbons (Fsp3) is 0.500. The van der Waals surface area contributed by atoms with Crippen molar-refractivity contribution >= 4 is 17.5 Å². The number of aromatic nitrogens is 2. The number of nitrogens with one attached hydrogen (secondary N) is 1. The van der Waals surface area contributed by atoms with Crippen LogP contribution in [0.25, 0.3) is 11.4 Å². The van der Waals surface area contributed by atoms with Gasteiger partial charge in [-0.3, -0.25) is 4.79 Å². The Morgan fingerprint density at radius 1 is 1.28 bits per heavy atom. The smallest absolute Gasteiger partial charge is 0.227 e. The molecule has 1 aromatic carbocycles. The maximum atomic E-state index is 12.2. The maximum Gasteiger partial charge on any atom is 0.227 e. The molecule has 25 heavy (non-hydrogen) atoms. The Kier molecular flexibility index (Phi) is 6.04. The molecule has 1 aromatic heterocycles. The second kappa shape index (κ2) is 8.45. The molecule has 1 amide bonds. The first-order valence-electron chi connectivity index (χ1n) is 8.73. The van der Waals surface area contributed by atoms with E-state index in [0.717, 1.165) is 24.8 Å². The highest BCUT2D eigenvalue weighted by molar-refractivity contribution is 6.30. The summed E-state index contributed by atoms with van der Waals surface area (Å²) in [5, 5.41) is 7.72. The average Bonchev–Trinajstić information content (AvgIpc) is 3.10. The molecule has 6 nitrogen and oxygen atoms in total. The van der Waals surface area contributed by atoms with Gasteiger partial charge in [-0.15, -0.1) is 0 Å². The van der Waals surface area contributed by atoms with Crippen molar-refractivity contribution in [3.05, 3.63) is 35.2 Å². The number of amides is 1. The van der Waals surface area contributed by atoms with E-state index >= 15 is 0 Å². The molecule has 134 valence electrons. The Hall–Kier alpha value is -1.92. The van der Waals surface area contributed by atoms with E-state index in [0.29, 0.717) is 42.0 Å². The van der Waals surface area contributed by atoms with Crippen LogP contribution < -0.4 is 11.1 Å². The van der Waals surface area contributed by atoms with Gasteiger partial charge in [0.15, 0.2) is 0 Å². The number of rotatable bonds is 6. The number of benzene rings is 1. The van der Waals surface area contributed by atoms with Crippen LogP contribution in [0.2, 0.25) is 5.02 Å². The van der Waals surface area contributed by atoms with Crippen molar-refractivity contribution in [3.63, 3.8) is 0 Å². The Labute approximate surface area is 152 Å². The summed E-state index contributed by atoms with van der Waals surface area (Å²) in [7, 11) is 0. The van der Waals surface area contributed by atoms with Gasteiger partial charge in [0.1, 0.15) is 0 Å². The lowest BCUT2D eigenvalue weighted by Crippen LogP contribution is -2.44. The summed E-state index contributed by atoms with van der Waals surface area (Å²) >= 11 is 5.87. The number of hydrogen-bond donors (Lipinski definition) is 2. The molecule has 0 radical (unpaired) electrons. The second-order valence-corrected chi connectivity index (χ2v) is 6.91. The van der Waals surface area contributed by atoms with Gasteiger partial charge in [0.25, 0.3) is 0 Å². The van der Waals surface area contributed by atoms with E-state index in [1.54, 1.807) is 12.1 Å². The molecule has 1 fully saturated rings. The summed E-state index contributed by atoms with van der Waals surface area (Å²) in [4.78, 5) is 16.5. The normalized spacial score (nSPS) is 20.4. The van der Waals surface area contributed by atoms with Crippen molar-refractivity contribution in [2.75, 3.05) is 6.54 Å². The van der Waals surface area contributed by atoms with Gasteiger partial charge in [-0.05, 0) is 49.6 Å².